The van der Waals surface area contributed by atoms with Gasteiger partial charge in [-0.2, -0.15) is 0 Å². The van der Waals surface area contributed by atoms with Crippen molar-refractivity contribution in [3.05, 3.63) is 207 Å². The highest BCUT2D eigenvalue weighted by molar-refractivity contribution is 6.11. The van der Waals surface area contributed by atoms with Crippen molar-refractivity contribution >= 4 is 43.6 Å². The van der Waals surface area contributed by atoms with E-state index >= 15 is 0 Å². The summed E-state index contributed by atoms with van der Waals surface area (Å²) in [5.41, 5.74) is 12.0. The number of hydrogen-bond donors (Lipinski definition) is 0. The number of nitrogens with zero attached hydrogens (tertiary/aromatic N) is 8. The molecule has 62 heavy (non-hydrogen) atoms. The van der Waals surface area contributed by atoms with E-state index in [0.717, 1.165) is 94.2 Å². The Bertz CT molecular complexity index is 3310. The van der Waals surface area contributed by atoms with Crippen molar-refractivity contribution in [3.8, 4) is 68.1 Å². The first-order valence-corrected chi connectivity index (χ1v) is 20.5. The van der Waals surface area contributed by atoms with E-state index in [1.54, 1.807) is 0 Å². The third-order valence-corrected chi connectivity index (χ3v) is 11.6. The molecule has 0 spiro atoms. The first kappa shape index (κ1) is 35.3. The number of rotatable bonds is 7. The summed E-state index contributed by atoms with van der Waals surface area (Å²) in [5.74, 6) is 1.61. The lowest BCUT2D eigenvalue weighted by Gasteiger charge is -2.20. The number of pyridine rings is 3. The van der Waals surface area contributed by atoms with Crippen molar-refractivity contribution in [2.45, 2.75) is 0 Å². The summed E-state index contributed by atoms with van der Waals surface area (Å²) in [6.45, 7) is 0. The summed E-state index contributed by atoms with van der Waals surface area (Å²) in [7, 11) is 0. The van der Waals surface area contributed by atoms with Crippen molar-refractivity contribution in [2.75, 3.05) is 0 Å². The van der Waals surface area contributed by atoms with Crippen molar-refractivity contribution in [3.63, 3.8) is 0 Å². The fraction of sp³-hybridized carbons (Fsp3) is 0. The van der Waals surface area contributed by atoms with Crippen LogP contribution in [0.5, 0.6) is 0 Å². The topological polar surface area (TPSA) is 87.2 Å². The smallest absolute Gasteiger partial charge is 0.166 e. The van der Waals surface area contributed by atoms with Crippen LogP contribution < -0.4 is 0 Å². The highest BCUT2D eigenvalue weighted by Gasteiger charge is 2.26. The molecule has 290 valence electrons. The first-order valence-electron chi connectivity index (χ1n) is 20.5. The summed E-state index contributed by atoms with van der Waals surface area (Å²) in [6, 6.07) is 62.4. The van der Waals surface area contributed by atoms with Crippen LogP contribution in [0.4, 0.5) is 0 Å². The molecule has 8 heteroatoms. The van der Waals surface area contributed by atoms with Gasteiger partial charge < -0.3 is 9.13 Å². The van der Waals surface area contributed by atoms with E-state index in [1.807, 2.05) is 85.5 Å². The molecule has 0 fully saturated rings. The maximum atomic E-state index is 5.52. The Balaban J connectivity index is 1.21. The molecule has 0 aliphatic rings. The summed E-state index contributed by atoms with van der Waals surface area (Å²) in [6.07, 6.45) is 7.46. The summed E-state index contributed by atoms with van der Waals surface area (Å²) >= 11 is 0. The molecule has 6 aromatic carbocycles. The normalized spacial score (nSPS) is 11.5. The van der Waals surface area contributed by atoms with E-state index < -0.39 is 0 Å². The number of fused-ring (bicyclic) bond motifs is 6. The van der Waals surface area contributed by atoms with Crippen molar-refractivity contribution in [2.24, 2.45) is 0 Å². The van der Waals surface area contributed by atoms with Gasteiger partial charge >= 0.3 is 0 Å². The molecule has 0 unspecified atom stereocenters. The second kappa shape index (κ2) is 14.6. The molecule has 0 aliphatic carbocycles. The van der Waals surface area contributed by atoms with Crippen molar-refractivity contribution in [1.82, 2.24) is 39.0 Å². The van der Waals surface area contributed by atoms with Crippen molar-refractivity contribution in [1.29, 1.82) is 0 Å². The number of para-hydroxylation sites is 5. The minimum atomic E-state index is 0.521. The molecule has 0 radical (unpaired) electrons. The summed E-state index contributed by atoms with van der Waals surface area (Å²) in [4.78, 5) is 30.6. The summed E-state index contributed by atoms with van der Waals surface area (Å²) < 4.78 is 4.63. The van der Waals surface area contributed by atoms with Gasteiger partial charge in [-0.05, 0) is 60.7 Å². The Morgan fingerprint density at radius 2 is 0.742 bits per heavy atom. The Hall–Kier alpha value is -8.62. The van der Waals surface area contributed by atoms with Crippen LogP contribution in [-0.2, 0) is 0 Å². The van der Waals surface area contributed by atoms with E-state index in [2.05, 4.69) is 135 Å². The van der Waals surface area contributed by atoms with Gasteiger partial charge in [0.1, 0.15) is 0 Å². The van der Waals surface area contributed by atoms with Gasteiger partial charge in [-0.3, -0.25) is 15.0 Å². The maximum absolute atomic E-state index is 5.52. The largest absolute Gasteiger partial charge is 0.308 e. The summed E-state index contributed by atoms with van der Waals surface area (Å²) in [5, 5.41) is 4.53. The Kier molecular flexibility index (Phi) is 8.31. The maximum Gasteiger partial charge on any atom is 0.166 e. The highest BCUT2D eigenvalue weighted by Crippen LogP contribution is 2.43. The molecule has 0 bridgehead atoms. The van der Waals surface area contributed by atoms with Gasteiger partial charge in [-0.15, -0.1) is 0 Å². The zero-order valence-corrected chi connectivity index (χ0v) is 33.2. The van der Waals surface area contributed by atoms with Crippen LogP contribution >= 0.6 is 0 Å². The number of aromatic nitrogens is 8. The molecule has 12 aromatic rings. The monoisotopic (exact) mass is 794 g/mol. The third kappa shape index (κ3) is 5.69. The fourth-order valence-electron chi connectivity index (χ4n) is 8.94. The lowest BCUT2D eigenvalue weighted by Crippen LogP contribution is -2.07. The molecule has 0 saturated carbocycles. The van der Waals surface area contributed by atoms with Gasteiger partial charge in [0, 0.05) is 68.0 Å². The molecule has 6 heterocycles. The van der Waals surface area contributed by atoms with Crippen molar-refractivity contribution < 1.29 is 0 Å². The fourth-order valence-corrected chi connectivity index (χ4v) is 8.94. The van der Waals surface area contributed by atoms with E-state index in [9.17, 15) is 0 Å². The number of benzene rings is 6. The standard InChI is InChI=1S/C54H34N8/c1-2-16-35(17-3-1)52-58-53(42-23-14-21-40(44-25-10-12-31-56-44)50(42)61-46-27-7-4-18-36(46)37-19-5-8-28-47(37)61)60-54(59-52)43-24-15-22-41(45-26-11-13-32-57-45)51(43)62-48-29-9-6-20-38(48)39-30-33-55-34-49(39)62/h1-34H. The predicted octanol–water partition coefficient (Wildman–Crippen LogP) is 12.6. The minimum absolute atomic E-state index is 0.521. The van der Waals surface area contributed by atoms with E-state index in [4.69, 9.17) is 24.9 Å². The van der Waals surface area contributed by atoms with Gasteiger partial charge in [-0.1, -0.05) is 121 Å². The van der Waals surface area contributed by atoms with Gasteiger partial charge in [-0.25, -0.2) is 15.0 Å². The van der Waals surface area contributed by atoms with Gasteiger partial charge in [0.05, 0.1) is 51.0 Å². The SMILES string of the molecule is c1ccc(-c2nc(-c3cccc(-c4ccccn4)c3-n3c4ccccc4c4ccccc43)nc(-c3cccc(-c4ccccn4)c3-n3c4ccccc4c4ccncc43)n2)cc1. The number of hydrogen-bond acceptors (Lipinski definition) is 6. The van der Waals surface area contributed by atoms with E-state index in [0.29, 0.717) is 17.5 Å². The molecule has 0 aliphatic heterocycles. The molecular weight excluding hydrogens is 761 g/mol. The Labute approximate surface area is 356 Å². The Morgan fingerprint density at radius 1 is 0.306 bits per heavy atom. The first-order chi connectivity index (χ1) is 30.8. The molecule has 0 saturated heterocycles. The van der Waals surface area contributed by atoms with Crippen LogP contribution in [-0.4, -0.2) is 39.0 Å². The average Bonchev–Trinajstić information content (AvgIpc) is 3.87. The van der Waals surface area contributed by atoms with Gasteiger partial charge in [0.25, 0.3) is 0 Å². The Morgan fingerprint density at radius 3 is 1.26 bits per heavy atom. The van der Waals surface area contributed by atoms with Crippen LogP contribution in [0.25, 0.3) is 112 Å². The van der Waals surface area contributed by atoms with Crippen LogP contribution in [0.15, 0.2) is 207 Å². The van der Waals surface area contributed by atoms with Crippen LogP contribution in [0, 0.1) is 0 Å². The zero-order valence-electron chi connectivity index (χ0n) is 33.2. The molecule has 0 N–H and O–H groups in total. The quantitative estimate of drug-likeness (QED) is 0.160. The second-order valence-corrected chi connectivity index (χ2v) is 15.1. The lowest BCUT2D eigenvalue weighted by molar-refractivity contribution is 1.06. The molecular formula is C54H34N8. The molecule has 12 rings (SSSR count). The van der Waals surface area contributed by atoms with Crippen LogP contribution in [0.3, 0.4) is 0 Å². The highest BCUT2D eigenvalue weighted by atomic mass is 15.1. The molecule has 6 aromatic heterocycles. The molecule has 8 nitrogen and oxygen atoms in total. The van der Waals surface area contributed by atoms with E-state index in [-0.39, 0.29) is 0 Å². The zero-order chi connectivity index (χ0) is 41.0. The third-order valence-electron chi connectivity index (χ3n) is 11.6. The van der Waals surface area contributed by atoms with E-state index in [1.165, 1.54) is 0 Å². The molecule has 0 amide bonds. The predicted molar refractivity (Wildman–Crippen MR) is 249 cm³/mol. The van der Waals surface area contributed by atoms with Crippen LogP contribution in [0.2, 0.25) is 0 Å². The minimum Gasteiger partial charge on any atom is -0.308 e. The van der Waals surface area contributed by atoms with Gasteiger partial charge in [0.2, 0.25) is 0 Å². The van der Waals surface area contributed by atoms with Crippen LogP contribution in [0.1, 0.15) is 0 Å². The lowest BCUT2D eigenvalue weighted by atomic mass is 10.0. The average molecular weight is 795 g/mol. The van der Waals surface area contributed by atoms with Gasteiger partial charge in [0.15, 0.2) is 17.5 Å². The molecule has 0 atom stereocenters. The second-order valence-electron chi connectivity index (χ2n) is 15.1.